The highest BCUT2D eigenvalue weighted by Gasteiger charge is 2.02. The fourth-order valence-electron chi connectivity index (χ4n) is 1.21. The van der Waals surface area contributed by atoms with E-state index in [2.05, 4.69) is 10.3 Å². The lowest BCUT2D eigenvalue weighted by Gasteiger charge is -1.96. The summed E-state index contributed by atoms with van der Waals surface area (Å²) in [7, 11) is 0. The Balaban J connectivity index is 2.11. The number of hydrogen-bond donors (Lipinski definition) is 1. The number of hydrogen-bond acceptors (Lipinski definition) is 3. The van der Waals surface area contributed by atoms with Gasteiger partial charge in [0.25, 0.3) is 6.01 Å². The molecule has 0 unspecified atom stereocenters. The summed E-state index contributed by atoms with van der Waals surface area (Å²) in [6.45, 7) is 0.788. The number of aromatic nitrogens is 1. The third-order valence-corrected chi connectivity index (χ3v) is 2.15. The summed E-state index contributed by atoms with van der Waals surface area (Å²) in [4.78, 5) is 4.26. The van der Waals surface area contributed by atoms with E-state index in [0.29, 0.717) is 11.9 Å². The molecule has 3 nitrogen and oxygen atoms in total. The van der Waals surface area contributed by atoms with Crippen molar-refractivity contribution in [3.8, 4) is 0 Å². The van der Waals surface area contributed by atoms with Crippen molar-refractivity contribution >= 4 is 28.7 Å². The Kier molecular flexibility index (Phi) is 2.89. The van der Waals surface area contributed by atoms with Gasteiger partial charge >= 0.3 is 0 Å². The molecule has 0 radical (unpaired) electrons. The van der Waals surface area contributed by atoms with Gasteiger partial charge in [-0.05, 0) is 18.6 Å². The average molecular weight is 211 g/mol. The van der Waals surface area contributed by atoms with Gasteiger partial charge in [0.2, 0.25) is 0 Å². The lowest BCUT2D eigenvalue weighted by molar-refractivity contribution is 0.614. The van der Waals surface area contributed by atoms with Crippen LogP contribution in [0.2, 0.25) is 0 Å². The summed E-state index contributed by atoms with van der Waals surface area (Å²) in [5.41, 5.74) is 1.68. The average Bonchev–Trinajstić information content (AvgIpc) is 2.60. The number of alkyl halides is 1. The first kappa shape index (κ1) is 9.34. The molecule has 1 aromatic heterocycles. The molecule has 0 aliphatic carbocycles. The van der Waals surface area contributed by atoms with Crippen LogP contribution in [-0.2, 0) is 0 Å². The first-order valence-electron chi connectivity index (χ1n) is 4.55. The van der Waals surface area contributed by atoms with Gasteiger partial charge in [0.05, 0.1) is 0 Å². The normalized spacial score (nSPS) is 10.6. The molecule has 2 rings (SSSR count). The predicted octanol–water partition coefficient (Wildman–Crippen LogP) is 2.87. The molecule has 0 spiro atoms. The molecule has 74 valence electrons. The minimum atomic E-state index is 0.566. The van der Waals surface area contributed by atoms with E-state index < -0.39 is 0 Å². The number of anilines is 1. The molecule has 0 saturated carbocycles. The Bertz CT molecular complexity index is 380. The highest BCUT2D eigenvalue weighted by molar-refractivity contribution is 6.17. The second kappa shape index (κ2) is 4.33. The molecular weight excluding hydrogens is 200 g/mol. The van der Waals surface area contributed by atoms with Gasteiger partial charge in [-0.2, -0.15) is 4.98 Å². The van der Waals surface area contributed by atoms with Gasteiger partial charge in [0.1, 0.15) is 5.52 Å². The molecule has 0 saturated heterocycles. The number of benzene rings is 1. The molecule has 0 aliphatic heterocycles. The zero-order valence-corrected chi connectivity index (χ0v) is 8.42. The van der Waals surface area contributed by atoms with Crippen molar-refractivity contribution in [1.29, 1.82) is 0 Å². The molecule has 0 bridgehead atoms. The maximum atomic E-state index is 5.56. The van der Waals surface area contributed by atoms with E-state index in [4.69, 9.17) is 16.0 Å². The van der Waals surface area contributed by atoms with Gasteiger partial charge < -0.3 is 9.73 Å². The highest BCUT2D eigenvalue weighted by atomic mass is 35.5. The van der Waals surface area contributed by atoms with E-state index in [1.807, 2.05) is 24.3 Å². The molecule has 0 fully saturated rings. The van der Waals surface area contributed by atoms with Crippen molar-refractivity contribution in [2.24, 2.45) is 0 Å². The lowest BCUT2D eigenvalue weighted by Crippen LogP contribution is -2.01. The van der Waals surface area contributed by atoms with Crippen LogP contribution in [0.3, 0.4) is 0 Å². The van der Waals surface area contributed by atoms with Crippen molar-refractivity contribution in [2.75, 3.05) is 17.7 Å². The Labute approximate surface area is 87.1 Å². The molecule has 0 aliphatic rings. The molecule has 1 heterocycles. The van der Waals surface area contributed by atoms with Crippen LogP contribution in [-0.4, -0.2) is 17.4 Å². The maximum Gasteiger partial charge on any atom is 0.295 e. The van der Waals surface area contributed by atoms with Gasteiger partial charge in [-0.15, -0.1) is 11.6 Å². The number of rotatable bonds is 4. The Morgan fingerprint density at radius 2 is 2.21 bits per heavy atom. The second-order valence-electron chi connectivity index (χ2n) is 2.96. The van der Waals surface area contributed by atoms with E-state index in [0.717, 1.165) is 24.1 Å². The minimum absolute atomic E-state index is 0.566. The quantitative estimate of drug-likeness (QED) is 0.623. The molecule has 14 heavy (non-hydrogen) atoms. The van der Waals surface area contributed by atoms with Crippen LogP contribution in [0, 0.1) is 0 Å². The molecular formula is C10H11ClN2O. The molecule has 4 heteroatoms. The Hall–Kier alpha value is -1.22. The topological polar surface area (TPSA) is 38.1 Å². The van der Waals surface area contributed by atoms with Crippen LogP contribution < -0.4 is 5.32 Å². The van der Waals surface area contributed by atoms with Gasteiger partial charge in [-0.3, -0.25) is 0 Å². The molecule has 1 aromatic carbocycles. The summed E-state index contributed by atoms with van der Waals surface area (Å²) in [5.74, 6) is 0.646. The van der Waals surface area contributed by atoms with Gasteiger partial charge in [-0.1, -0.05) is 12.1 Å². The van der Waals surface area contributed by atoms with E-state index in [1.165, 1.54) is 0 Å². The standard InChI is InChI=1S/C10H11ClN2O/c11-6-3-7-12-10-13-8-4-1-2-5-9(8)14-10/h1-2,4-5H,3,6-7H2,(H,12,13). The Morgan fingerprint density at radius 3 is 3.00 bits per heavy atom. The highest BCUT2D eigenvalue weighted by Crippen LogP contribution is 2.17. The summed E-state index contributed by atoms with van der Waals surface area (Å²) in [5, 5.41) is 3.07. The number of oxazole rings is 1. The maximum absolute atomic E-state index is 5.56. The first-order chi connectivity index (χ1) is 6.90. The summed E-state index contributed by atoms with van der Waals surface area (Å²) in [6.07, 6.45) is 0.903. The monoisotopic (exact) mass is 210 g/mol. The van der Waals surface area contributed by atoms with Gasteiger partial charge in [-0.25, -0.2) is 0 Å². The third-order valence-electron chi connectivity index (χ3n) is 1.88. The van der Waals surface area contributed by atoms with Crippen molar-refractivity contribution < 1.29 is 4.42 Å². The zero-order chi connectivity index (χ0) is 9.80. The smallest absolute Gasteiger partial charge is 0.295 e. The number of para-hydroxylation sites is 2. The first-order valence-corrected chi connectivity index (χ1v) is 5.09. The van der Waals surface area contributed by atoms with Crippen molar-refractivity contribution in [2.45, 2.75) is 6.42 Å². The second-order valence-corrected chi connectivity index (χ2v) is 3.33. The van der Waals surface area contributed by atoms with Crippen LogP contribution >= 0.6 is 11.6 Å². The van der Waals surface area contributed by atoms with Crippen LogP contribution in [0.25, 0.3) is 11.1 Å². The zero-order valence-electron chi connectivity index (χ0n) is 7.66. The van der Waals surface area contributed by atoms with Gasteiger partial charge in [0.15, 0.2) is 5.58 Å². The summed E-state index contributed by atoms with van der Waals surface area (Å²) >= 11 is 5.56. The number of nitrogens with one attached hydrogen (secondary N) is 1. The van der Waals surface area contributed by atoms with Crippen molar-refractivity contribution in [3.05, 3.63) is 24.3 Å². The van der Waals surface area contributed by atoms with Crippen LogP contribution in [0.1, 0.15) is 6.42 Å². The molecule has 0 atom stereocenters. The molecule has 2 aromatic rings. The van der Waals surface area contributed by atoms with Crippen molar-refractivity contribution in [1.82, 2.24) is 4.98 Å². The summed E-state index contributed by atoms with van der Waals surface area (Å²) in [6, 6.07) is 8.25. The lowest BCUT2D eigenvalue weighted by atomic mass is 10.3. The molecule has 1 N–H and O–H groups in total. The SMILES string of the molecule is ClCCCNc1nc2ccccc2o1. The Morgan fingerprint density at radius 1 is 1.36 bits per heavy atom. The summed E-state index contributed by atoms with van der Waals surface area (Å²) < 4.78 is 5.45. The molecule has 0 amide bonds. The fourth-order valence-corrected chi connectivity index (χ4v) is 1.34. The predicted molar refractivity (Wildman–Crippen MR) is 57.8 cm³/mol. The van der Waals surface area contributed by atoms with Gasteiger partial charge in [0, 0.05) is 12.4 Å². The largest absolute Gasteiger partial charge is 0.424 e. The van der Waals surface area contributed by atoms with Crippen LogP contribution in [0.4, 0.5) is 6.01 Å². The number of halogens is 1. The number of fused-ring (bicyclic) bond motifs is 1. The minimum Gasteiger partial charge on any atom is -0.424 e. The van der Waals surface area contributed by atoms with Crippen LogP contribution in [0.5, 0.6) is 0 Å². The fraction of sp³-hybridized carbons (Fsp3) is 0.300. The third kappa shape index (κ3) is 1.99. The van der Waals surface area contributed by atoms with Crippen molar-refractivity contribution in [3.63, 3.8) is 0 Å². The van der Waals surface area contributed by atoms with E-state index in [-0.39, 0.29) is 0 Å². The van der Waals surface area contributed by atoms with E-state index in [9.17, 15) is 0 Å². The number of nitrogens with zero attached hydrogens (tertiary/aromatic N) is 1. The van der Waals surface area contributed by atoms with Crippen LogP contribution in [0.15, 0.2) is 28.7 Å². The van der Waals surface area contributed by atoms with E-state index >= 15 is 0 Å². The van der Waals surface area contributed by atoms with E-state index in [1.54, 1.807) is 0 Å².